The zero-order chi connectivity index (χ0) is 22.1. The lowest BCUT2D eigenvalue weighted by Gasteiger charge is -2.36. The molecular weight excluding hydrogens is 421 g/mol. The number of piperidine rings is 1. The van der Waals surface area contributed by atoms with E-state index in [1.807, 2.05) is 0 Å². The molecule has 1 aromatic carbocycles. The first kappa shape index (κ1) is 20.5. The number of carbonyl (C=O) groups is 1. The van der Waals surface area contributed by atoms with E-state index in [0.717, 1.165) is 4.68 Å². The Labute approximate surface area is 181 Å². The Hall–Kier alpha value is -3.44. The van der Waals surface area contributed by atoms with Crippen LogP contribution in [-0.4, -0.2) is 62.8 Å². The fourth-order valence-electron chi connectivity index (χ4n) is 3.85. The van der Waals surface area contributed by atoms with Crippen molar-refractivity contribution in [2.24, 2.45) is 0 Å². The highest BCUT2D eigenvalue weighted by atomic mass is 19.1. The molecule has 2 aliphatic rings. The van der Waals surface area contributed by atoms with E-state index in [4.69, 9.17) is 14.0 Å². The summed E-state index contributed by atoms with van der Waals surface area (Å²) in [6, 6.07) is 8.69. The van der Waals surface area contributed by atoms with Gasteiger partial charge in [0.2, 0.25) is 0 Å². The van der Waals surface area contributed by atoms with E-state index >= 15 is 0 Å². The molecule has 2 fully saturated rings. The largest absolute Gasteiger partial charge is 0.347 e. The fourth-order valence-corrected chi connectivity index (χ4v) is 3.85. The molecule has 10 nitrogen and oxygen atoms in total. The zero-order valence-corrected chi connectivity index (χ0v) is 17.1. The third-order valence-electron chi connectivity index (χ3n) is 5.57. The molecule has 0 radical (unpaired) electrons. The minimum atomic E-state index is -0.584. The summed E-state index contributed by atoms with van der Waals surface area (Å²) in [6.07, 6.45) is 1.16. The number of ether oxygens (including phenoxy) is 2. The minimum Gasteiger partial charge on any atom is -0.347 e. The monoisotopic (exact) mass is 441 g/mol. The van der Waals surface area contributed by atoms with Crippen LogP contribution in [0.2, 0.25) is 0 Å². The van der Waals surface area contributed by atoms with Crippen LogP contribution < -0.4 is 5.56 Å². The Kier molecular flexibility index (Phi) is 5.27. The van der Waals surface area contributed by atoms with E-state index < -0.39 is 5.79 Å². The summed E-state index contributed by atoms with van der Waals surface area (Å²) in [5, 5.41) is 8.11. The number of halogens is 1. The van der Waals surface area contributed by atoms with E-state index in [1.165, 1.54) is 18.2 Å². The van der Waals surface area contributed by atoms with Crippen LogP contribution in [0.1, 0.15) is 29.4 Å². The Morgan fingerprint density at radius 1 is 1.06 bits per heavy atom. The molecule has 4 heterocycles. The molecule has 166 valence electrons. The summed E-state index contributed by atoms with van der Waals surface area (Å²) in [7, 11) is 0. The third kappa shape index (κ3) is 4.04. The van der Waals surface area contributed by atoms with Gasteiger partial charge in [-0.1, -0.05) is 5.16 Å². The molecule has 0 bridgehead atoms. The summed E-state index contributed by atoms with van der Waals surface area (Å²) in [5.41, 5.74) is 0.775. The molecule has 1 spiro atoms. The second-order valence-electron chi connectivity index (χ2n) is 7.64. The number of amides is 1. The summed E-state index contributed by atoms with van der Waals surface area (Å²) in [6.45, 7) is 1.97. The van der Waals surface area contributed by atoms with Crippen molar-refractivity contribution in [1.82, 2.24) is 24.8 Å². The van der Waals surface area contributed by atoms with Crippen LogP contribution in [0.4, 0.5) is 4.39 Å². The molecular formula is C21H20FN5O5. The SMILES string of the molecule is O=C(c1nc(Cn2nc(-c3ccc(F)cc3)ccc2=O)no1)N1CCC2(CC1)OCCO2. The Bertz CT molecular complexity index is 1180. The molecule has 3 aromatic rings. The van der Waals surface area contributed by atoms with Gasteiger partial charge in [-0.2, -0.15) is 10.1 Å². The van der Waals surface area contributed by atoms with Gasteiger partial charge in [0.15, 0.2) is 11.6 Å². The maximum absolute atomic E-state index is 13.2. The number of carbonyl (C=O) groups excluding carboxylic acids is 1. The van der Waals surface area contributed by atoms with Gasteiger partial charge >= 0.3 is 11.8 Å². The maximum Gasteiger partial charge on any atom is 0.316 e. The Morgan fingerprint density at radius 2 is 1.78 bits per heavy atom. The van der Waals surface area contributed by atoms with Crippen molar-refractivity contribution in [3.8, 4) is 11.3 Å². The Balaban J connectivity index is 1.28. The molecule has 5 rings (SSSR count). The Morgan fingerprint density at radius 3 is 2.50 bits per heavy atom. The molecule has 0 aliphatic carbocycles. The van der Waals surface area contributed by atoms with Gasteiger partial charge in [-0.25, -0.2) is 9.07 Å². The van der Waals surface area contributed by atoms with Gasteiger partial charge in [-0.15, -0.1) is 0 Å². The van der Waals surface area contributed by atoms with Gasteiger partial charge in [0.25, 0.3) is 5.56 Å². The zero-order valence-electron chi connectivity index (χ0n) is 17.1. The van der Waals surface area contributed by atoms with Gasteiger partial charge in [0.05, 0.1) is 18.9 Å². The lowest BCUT2D eigenvalue weighted by atomic mass is 10.0. The predicted molar refractivity (Wildman–Crippen MR) is 107 cm³/mol. The quantitative estimate of drug-likeness (QED) is 0.598. The van der Waals surface area contributed by atoms with Crippen molar-refractivity contribution in [1.29, 1.82) is 0 Å². The highest BCUT2D eigenvalue weighted by Gasteiger charge is 2.41. The highest BCUT2D eigenvalue weighted by molar-refractivity contribution is 5.89. The summed E-state index contributed by atoms with van der Waals surface area (Å²) < 4.78 is 30.8. The standard InChI is InChI=1S/C21H20FN5O5/c22-15-3-1-14(2-4-15)16-5-6-18(28)27(24-16)13-17-23-19(32-25-17)20(29)26-9-7-21(8-10-26)30-11-12-31-21/h1-6H,7-13H2. The molecule has 2 saturated heterocycles. The molecule has 2 aromatic heterocycles. The molecule has 0 N–H and O–H groups in total. The van der Waals surface area contributed by atoms with Gasteiger partial charge in [0, 0.05) is 37.6 Å². The maximum atomic E-state index is 13.2. The van der Waals surface area contributed by atoms with E-state index in [1.54, 1.807) is 23.1 Å². The van der Waals surface area contributed by atoms with Gasteiger partial charge in [0.1, 0.15) is 12.4 Å². The van der Waals surface area contributed by atoms with Gasteiger partial charge in [-0.3, -0.25) is 9.59 Å². The van der Waals surface area contributed by atoms with Crippen LogP contribution >= 0.6 is 0 Å². The normalized spacial score (nSPS) is 17.7. The van der Waals surface area contributed by atoms with Crippen LogP contribution in [0.15, 0.2) is 45.7 Å². The summed E-state index contributed by atoms with van der Waals surface area (Å²) >= 11 is 0. The molecule has 0 atom stereocenters. The summed E-state index contributed by atoms with van der Waals surface area (Å²) in [5.74, 6) is -1.32. The van der Waals surface area contributed by atoms with Crippen molar-refractivity contribution in [2.45, 2.75) is 25.2 Å². The molecule has 0 unspecified atom stereocenters. The molecule has 32 heavy (non-hydrogen) atoms. The van der Waals surface area contributed by atoms with E-state index in [0.29, 0.717) is 50.4 Å². The molecule has 1 amide bonds. The van der Waals surface area contributed by atoms with Crippen molar-refractivity contribution < 1.29 is 23.2 Å². The van der Waals surface area contributed by atoms with E-state index in [2.05, 4.69) is 15.2 Å². The predicted octanol–water partition coefficient (Wildman–Crippen LogP) is 1.46. The number of aromatic nitrogens is 4. The molecule has 2 aliphatic heterocycles. The average Bonchev–Trinajstić information content (AvgIpc) is 3.46. The van der Waals surface area contributed by atoms with Crippen LogP contribution in [0.5, 0.6) is 0 Å². The topological polar surface area (TPSA) is 113 Å². The number of likely N-dealkylation sites (tertiary alicyclic amines) is 1. The van der Waals surface area contributed by atoms with Crippen molar-refractivity contribution in [2.75, 3.05) is 26.3 Å². The number of benzene rings is 1. The van der Waals surface area contributed by atoms with Crippen molar-refractivity contribution in [3.63, 3.8) is 0 Å². The second kappa shape index (κ2) is 8.24. The van der Waals surface area contributed by atoms with Crippen LogP contribution in [0, 0.1) is 5.82 Å². The minimum absolute atomic E-state index is 0.0740. The first-order valence-corrected chi connectivity index (χ1v) is 10.3. The molecule has 11 heteroatoms. The van der Waals surface area contributed by atoms with Crippen LogP contribution in [0.3, 0.4) is 0 Å². The number of rotatable bonds is 4. The second-order valence-corrected chi connectivity index (χ2v) is 7.64. The van der Waals surface area contributed by atoms with E-state index in [-0.39, 0.29) is 35.5 Å². The van der Waals surface area contributed by atoms with Crippen molar-refractivity contribution >= 4 is 5.91 Å². The molecule has 0 saturated carbocycles. The lowest BCUT2D eigenvalue weighted by molar-refractivity contribution is -0.181. The number of nitrogens with zero attached hydrogens (tertiary/aromatic N) is 5. The smallest absolute Gasteiger partial charge is 0.316 e. The average molecular weight is 441 g/mol. The van der Waals surface area contributed by atoms with Gasteiger partial charge < -0.3 is 18.9 Å². The lowest BCUT2D eigenvalue weighted by Crippen LogP contribution is -2.47. The van der Waals surface area contributed by atoms with Crippen LogP contribution in [-0.2, 0) is 16.0 Å². The summed E-state index contributed by atoms with van der Waals surface area (Å²) in [4.78, 5) is 30.7. The third-order valence-corrected chi connectivity index (χ3v) is 5.57. The first-order valence-electron chi connectivity index (χ1n) is 10.3. The van der Waals surface area contributed by atoms with Crippen LogP contribution in [0.25, 0.3) is 11.3 Å². The first-order chi connectivity index (χ1) is 15.5. The van der Waals surface area contributed by atoms with Crippen molar-refractivity contribution in [3.05, 3.63) is 64.3 Å². The highest BCUT2D eigenvalue weighted by Crippen LogP contribution is 2.31. The van der Waals surface area contributed by atoms with Gasteiger partial charge in [-0.05, 0) is 30.3 Å². The number of hydrogen-bond acceptors (Lipinski definition) is 8. The van der Waals surface area contributed by atoms with E-state index in [9.17, 15) is 14.0 Å². The fraction of sp³-hybridized carbons (Fsp3) is 0.381. The number of hydrogen-bond donors (Lipinski definition) is 0.